The van der Waals surface area contributed by atoms with Gasteiger partial charge in [-0.15, -0.1) is 0 Å². The first kappa shape index (κ1) is 20.4. The largest absolute Gasteiger partial charge is 0.470 e. The van der Waals surface area contributed by atoms with Crippen molar-refractivity contribution in [2.75, 3.05) is 20.3 Å². The Morgan fingerprint density at radius 3 is 2.71 bits per heavy atom. The molecule has 2 aromatic carbocycles. The number of ether oxygens (including phenoxy) is 1. The van der Waals surface area contributed by atoms with Crippen LogP contribution in [0.2, 0.25) is 0 Å². The molecule has 0 radical (unpaired) electrons. The number of rotatable bonds is 7. The second kappa shape index (κ2) is 9.29. The van der Waals surface area contributed by atoms with Crippen LogP contribution in [0.1, 0.15) is 23.7 Å². The van der Waals surface area contributed by atoms with E-state index in [2.05, 4.69) is 20.6 Å². The monoisotopic (exact) mass is 421 g/mol. The van der Waals surface area contributed by atoms with Crippen molar-refractivity contribution in [1.29, 1.82) is 0 Å². The van der Waals surface area contributed by atoms with E-state index in [1.54, 1.807) is 0 Å². The lowest BCUT2D eigenvalue weighted by molar-refractivity contribution is 0.0672. The Bertz CT molecular complexity index is 1170. The van der Waals surface area contributed by atoms with Crippen molar-refractivity contribution in [3.05, 3.63) is 65.4 Å². The summed E-state index contributed by atoms with van der Waals surface area (Å²) in [6, 6.07) is 15.6. The highest BCUT2D eigenvalue weighted by atomic mass is 16.7. The number of hydrogen-bond donors (Lipinski definition) is 0. The molecule has 1 aromatic heterocycles. The molecule has 0 fully saturated rings. The van der Waals surface area contributed by atoms with E-state index in [1.165, 1.54) is 7.11 Å². The summed E-state index contributed by atoms with van der Waals surface area (Å²) in [4.78, 5) is 15.8. The molecule has 0 aliphatic carbocycles. The second-order valence-corrected chi connectivity index (χ2v) is 6.80. The Labute approximate surface area is 179 Å². The van der Waals surface area contributed by atoms with Crippen LogP contribution < -0.4 is 0 Å². The van der Waals surface area contributed by atoms with Crippen LogP contribution in [0.15, 0.2) is 64.0 Å². The maximum Gasteiger partial charge on any atom is 0.280 e. The highest BCUT2D eigenvalue weighted by molar-refractivity contribution is 6.45. The number of aryl methyl sites for hydroxylation is 1. The predicted molar refractivity (Wildman–Crippen MR) is 117 cm³/mol. The molecule has 0 spiro atoms. The molecule has 1 aliphatic heterocycles. The van der Waals surface area contributed by atoms with E-state index >= 15 is 0 Å². The molecule has 1 aliphatic rings. The number of fused-ring (bicyclic) bond motifs is 1. The lowest BCUT2D eigenvalue weighted by atomic mass is 10.0. The average Bonchev–Trinajstić information content (AvgIpc) is 3.15. The number of oxime groups is 3. The highest BCUT2D eigenvalue weighted by Crippen LogP contribution is 2.19. The Kier molecular flexibility index (Phi) is 6.11. The van der Waals surface area contributed by atoms with Crippen LogP contribution in [0.25, 0.3) is 10.9 Å². The van der Waals surface area contributed by atoms with Gasteiger partial charge in [-0.25, -0.2) is 0 Å². The van der Waals surface area contributed by atoms with Gasteiger partial charge in [0.2, 0.25) is 0 Å². The van der Waals surface area contributed by atoms with Crippen LogP contribution in [0.5, 0.6) is 0 Å². The van der Waals surface area contributed by atoms with Gasteiger partial charge in [0.05, 0.1) is 5.52 Å². The van der Waals surface area contributed by atoms with Gasteiger partial charge >= 0.3 is 0 Å². The maximum atomic E-state index is 5.68. The van der Waals surface area contributed by atoms with Crippen molar-refractivity contribution in [3.63, 3.8) is 0 Å². The van der Waals surface area contributed by atoms with E-state index in [4.69, 9.17) is 19.2 Å². The van der Waals surface area contributed by atoms with Gasteiger partial charge in [-0.1, -0.05) is 52.8 Å². The number of hydrogen-bond acceptors (Lipinski definition) is 8. The SMILES string of the molecule is CO/N=C(/C1=NOCCO1)c1ccccc1CO/N=C(\C)c1nn(C)c2ccccc12. The molecule has 160 valence electrons. The smallest absolute Gasteiger partial charge is 0.280 e. The summed E-state index contributed by atoms with van der Waals surface area (Å²) < 4.78 is 7.41. The number of benzene rings is 2. The molecule has 0 saturated carbocycles. The Morgan fingerprint density at radius 2 is 1.90 bits per heavy atom. The Morgan fingerprint density at radius 1 is 1.10 bits per heavy atom. The Hall–Kier alpha value is -3.88. The molecule has 0 saturated heterocycles. The molecule has 4 rings (SSSR count). The molecule has 9 heteroatoms. The molecule has 0 amide bonds. The number of aromatic nitrogens is 2. The number of nitrogens with zero attached hydrogens (tertiary/aromatic N) is 5. The van der Waals surface area contributed by atoms with Gasteiger partial charge in [0.25, 0.3) is 5.90 Å². The van der Waals surface area contributed by atoms with E-state index in [-0.39, 0.29) is 12.5 Å². The summed E-state index contributed by atoms with van der Waals surface area (Å²) >= 11 is 0. The van der Waals surface area contributed by atoms with Gasteiger partial charge in [-0.05, 0) is 18.1 Å². The van der Waals surface area contributed by atoms with Gasteiger partial charge in [0, 0.05) is 23.6 Å². The van der Waals surface area contributed by atoms with Crippen molar-refractivity contribution < 1.29 is 19.2 Å². The van der Waals surface area contributed by atoms with E-state index in [1.807, 2.05) is 67.2 Å². The minimum absolute atomic E-state index is 0.217. The van der Waals surface area contributed by atoms with E-state index in [0.717, 1.165) is 27.7 Å². The van der Waals surface area contributed by atoms with Crippen molar-refractivity contribution in [2.45, 2.75) is 13.5 Å². The molecule has 9 nitrogen and oxygen atoms in total. The molecule has 0 atom stereocenters. The highest BCUT2D eigenvalue weighted by Gasteiger charge is 2.21. The van der Waals surface area contributed by atoms with E-state index < -0.39 is 0 Å². The third-order valence-electron chi connectivity index (χ3n) is 4.74. The van der Waals surface area contributed by atoms with Crippen molar-refractivity contribution >= 4 is 28.2 Å². The standard InChI is InChI=1S/C22H23N5O4/c1-15(20-18-10-6-7-11-19(18)27(2)23-20)24-31-14-16-8-4-5-9-17(16)21(25-28-3)22-26-30-13-12-29-22/h4-11H,12-14H2,1-3H3/b24-15+,25-21+. The van der Waals surface area contributed by atoms with Crippen LogP contribution in [-0.2, 0) is 32.9 Å². The summed E-state index contributed by atoms with van der Waals surface area (Å²) in [5.74, 6) is 0.264. The van der Waals surface area contributed by atoms with Gasteiger partial charge in [-0.2, -0.15) is 5.10 Å². The first-order valence-corrected chi connectivity index (χ1v) is 9.80. The predicted octanol–water partition coefficient (Wildman–Crippen LogP) is 3.22. The number of para-hydroxylation sites is 1. The van der Waals surface area contributed by atoms with E-state index in [9.17, 15) is 0 Å². The van der Waals surface area contributed by atoms with Crippen LogP contribution in [0, 0.1) is 0 Å². The normalized spacial score (nSPS) is 14.6. The fourth-order valence-corrected chi connectivity index (χ4v) is 3.31. The lowest BCUT2D eigenvalue weighted by Gasteiger charge is -2.16. The van der Waals surface area contributed by atoms with Crippen LogP contribution in [0.3, 0.4) is 0 Å². The van der Waals surface area contributed by atoms with Crippen LogP contribution in [0.4, 0.5) is 0 Å². The van der Waals surface area contributed by atoms with Gasteiger partial charge < -0.3 is 19.2 Å². The van der Waals surface area contributed by atoms with Crippen molar-refractivity contribution in [1.82, 2.24) is 9.78 Å². The van der Waals surface area contributed by atoms with Gasteiger partial charge in [-0.3, -0.25) is 4.68 Å². The van der Waals surface area contributed by atoms with Crippen LogP contribution in [-0.4, -0.2) is 47.4 Å². The minimum Gasteiger partial charge on any atom is -0.470 e. The summed E-state index contributed by atoms with van der Waals surface area (Å²) in [5.41, 5.74) is 4.54. The minimum atomic E-state index is 0.217. The molecular formula is C22H23N5O4. The van der Waals surface area contributed by atoms with E-state index in [0.29, 0.717) is 24.6 Å². The quantitative estimate of drug-likeness (QED) is 0.431. The average molecular weight is 421 g/mol. The van der Waals surface area contributed by atoms with Crippen molar-refractivity contribution in [3.8, 4) is 0 Å². The lowest BCUT2D eigenvalue weighted by Crippen LogP contribution is -2.26. The molecule has 0 bridgehead atoms. The zero-order valence-corrected chi connectivity index (χ0v) is 17.6. The molecule has 0 unspecified atom stereocenters. The first-order chi connectivity index (χ1) is 15.2. The maximum absolute atomic E-state index is 5.68. The molecular weight excluding hydrogens is 398 g/mol. The van der Waals surface area contributed by atoms with Gasteiger partial charge in [0.15, 0.2) is 12.3 Å². The van der Waals surface area contributed by atoms with Crippen LogP contribution >= 0.6 is 0 Å². The topological polar surface area (TPSA) is 91.8 Å². The zero-order chi connectivity index (χ0) is 21.6. The molecule has 31 heavy (non-hydrogen) atoms. The fraction of sp³-hybridized carbons (Fsp3) is 0.273. The Balaban J connectivity index is 1.56. The molecule has 2 heterocycles. The second-order valence-electron chi connectivity index (χ2n) is 6.80. The third-order valence-corrected chi connectivity index (χ3v) is 4.74. The summed E-state index contributed by atoms with van der Waals surface area (Å²) in [7, 11) is 3.38. The first-order valence-electron chi connectivity index (χ1n) is 9.80. The summed E-state index contributed by atoms with van der Waals surface area (Å²) in [6.07, 6.45) is 0. The third kappa shape index (κ3) is 4.35. The summed E-state index contributed by atoms with van der Waals surface area (Å²) in [5, 5.41) is 17.9. The van der Waals surface area contributed by atoms with Crippen molar-refractivity contribution in [2.24, 2.45) is 22.5 Å². The zero-order valence-electron chi connectivity index (χ0n) is 17.6. The van der Waals surface area contributed by atoms with Gasteiger partial charge in [0.1, 0.15) is 31.7 Å². The molecule has 3 aromatic rings. The summed E-state index contributed by atoms with van der Waals surface area (Å²) in [6.45, 7) is 2.88. The molecule has 0 N–H and O–H groups in total. The fourth-order valence-electron chi connectivity index (χ4n) is 3.31.